The second kappa shape index (κ2) is 5.28. The molecule has 114 valence electrons. The predicted octanol–water partition coefficient (Wildman–Crippen LogP) is 2.98. The largest absolute Gasteiger partial charge is 0.318 e. The summed E-state index contributed by atoms with van der Waals surface area (Å²) in [5.74, 6) is -0.415. The van der Waals surface area contributed by atoms with Gasteiger partial charge in [-0.05, 0) is 35.8 Å². The van der Waals surface area contributed by atoms with Gasteiger partial charge in [0.2, 0.25) is 0 Å². The maximum atomic E-state index is 14.2. The Morgan fingerprint density at radius 2 is 2.17 bits per heavy atom. The van der Waals surface area contributed by atoms with Crippen molar-refractivity contribution in [2.24, 2.45) is 0 Å². The average Bonchev–Trinajstić information content (AvgIpc) is 3.20. The van der Waals surface area contributed by atoms with Gasteiger partial charge in [-0.3, -0.25) is 4.98 Å². The molecule has 0 aliphatic heterocycles. The molecule has 4 aromatic rings. The first kappa shape index (κ1) is 11.5. The lowest BCUT2D eigenvalue weighted by Gasteiger charge is -2.07. The van der Waals surface area contributed by atoms with Crippen LogP contribution in [0.5, 0.6) is 0 Å². The molecule has 0 atom stereocenters. The molecule has 3 heterocycles. The number of hydrogen-bond donors (Lipinski definition) is 0. The van der Waals surface area contributed by atoms with Gasteiger partial charge < -0.3 is 4.57 Å². The van der Waals surface area contributed by atoms with Crippen LogP contribution in [0.4, 0.5) is 4.39 Å². The number of halogens is 1. The molecule has 0 saturated heterocycles. The van der Waals surface area contributed by atoms with Crippen LogP contribution in [0, 0.1) is 12.7 Å². The van der Waals surface area contributed by atoms with Crippen LogP contribution in [0.25, 0.3) is 22.6 Å². The Bertz CT molecular complexity index is 1060. The maximum Gasteiger partial charge on any atom is 0.173 e. The molecule has 3 aromatic heterocycles. The number of aryl methyl sites for hydroxylation is 1. The van der Waals surface area contributed by atoms with Crippen LogP contribution in [-0.4, -0.2) is 24.8 Å². The lowest BCUT2D eigenvalue weighted by Crippen LogP contribution is -2.03. The Morgan fingerprint density at radius 1 is 1.26 bits per heavy atom. The van der Waals surface area contributed by atoms with Crippen LogP contribution in [-0.2, 0) is 6.50 Å². The Kier molecular flexibility index (Phi) is 2.63. The lowest BCUT2D eigenvalue weighted by molar-refractivity contribution is 0.305. The van der Waals surface area contributed by atoms with Gasteiger partial charge in [-0.2, -0.15) is 0 Å². The number of nitrogens with zero attached hydrogens (tertiary/aromatic N) is 5. The highest BCUT2D eigenvalue weighted by atomic mass is 19.1. The smallest absolute Gasteiger partial charge is 0.173 e. The summed E-state index contributed by atoms with van der Waals surface area (Å²) in [6.45, 7) is -0.386. The van der Waals surface area contributed by atoms with E-state index < -0.39 is 12.3 Å². The first-order valence-electron chi connectivity index (χ1n) is 7.87. The Labute approximate surface area is 133 Å². The summed E-state index contributed by atoms with van der Waals surface area (Å²) in [6, 6.07) is 7.63. The van der Waals surface area contributed by atoms with Gasteiger partial charge in [0.25, 0.3) is 0 Å². The molecular formula is C16H12FN5O. The zero-order chi connectivity index (χ0) is 17.6. The number of para-hydroxylation sites is 1. The normalized spacial score (nSPS) is 13.1. The first-order chi connectivity index (χ1) is 12.0. The minimum Gasteiger partial charge on any atom is -0.318 e. The van der Waals surface area contributed by atoms with E-state index in [9.17, 15) is 4.39 Å². The molecule has 4 rings (SSSR count). The molecular weight excluding hydrogens is 297 g/mol. The van der Waals surface area contributed by atoms with Crippen molar-refractivity contribution >= 4 is 11.0 Å². The summed E-state index contributed by atoms with van der Waals surface area (Å²) in [5.41, 5.74) is 1.33. The molecule has 1 aromatic carbocycles. The number of imidazole rings is 1. The van der Waals surface area contributed by atoms with Crippen molar-refractivity contribution in [1.82, 2.24) is 24.8 Å². The fraction of sp³-hybridized carbons (Fsp3) is 0.125. The number of hydrogen-bond acceptors (Lipinski definition) is 5. The average molecular weight is 311 g/mol. The fourth-order valence-corrected chi connectivity index (χ4v) is 2.33. The molecule has 6 nitrogen and oxygen atoms in total. The van der Waals surface area contributed by atoms with Gasteiger partial charge in [0.1, 0.15) is 11.2 Å². The van der Waals surface area contributed by atoms with Gasteiger partial charge in [0.15, 0.2) is 17.3 Å². The third kappa shape index (κ3) is 2.26. The summed E-state index contributed by atoms with van der Waals surface area (Å²) >= 11 is 0. The topological polar surface area (TPSA) is 69.6 Å². The van der Waals surface area contributed by atoms with Crippen LogP contribution in [0.3, 0.4) is 0 Å². The molecule has 0 spiro atoms. The van der Waals surface area contributed by atoms with E-state index in [1.54, 1.807) is 31.3 Å². The monoisotopic (exact) mass is 311 g/mol. The van der Waals surface area contributed by atoms with Crippen LogP contribution < -0.4 is 0 Å². The van der Waals surface area contributed by atoms with E-state index in [0.717, 1.165) is 0 Å². The van der Waals surface area contributed by atoms with Crippen molar-refractivity contribution in [3.8, 4) is 11.5 Å². The van der Waals surface area contributed by atoms with Gasteiger partial charge in [-0.1, -0.05) is 17.3 Å². The van der Waals surface area contributed by atoms with E-state index >= 15 is 0 Å². The highest BCUT2D eigenvalue weighted by molar-refractivity contribution is 5.81. The van der Waals surface area contributed by atoms with Crippen molar-refractivity contribution in [3.63, 3.8) is 0 Å². The van der Waals surface area contributed by atoms with Crippen LogP contribution in [0.1, 0.15) is 14.0 Å². The molecule has 0 saturated carbocycles. The number of rotatable bonds is 3. The minimum absolute atomic E-state index is 0.0488. The van der Waals surface area contributed by atoms with Gasteiger partial charge in [0.05, 0.1) is 14.8 Å². The molecule has 0 amide bonds. The third-order valence-corrected chi connectivity index (χ3v) is 3.40. The van der Waals surface area contributed by atoms with E-state index in [1.807, 2.05) is 0 Å². The highest BCUT2D eigenvalue weighted by Gasteiger charge is 2.20. The molecule has 7 heteroatoms. The van der Waals surface area contributed by atoms with Crippen molar-refractivity contribution in [2.75, 3.05) is 0 Å². The standard InChI is InChI=1S/C16H12FN5O/c1-10-14(21-23-20-10)16-19-15-12(17)5-2-6-13(15)22(16)9-11-4-3-7-18-8-11/h2-8H,9H2,1H3/i9D2. The number of fused-ring (bicyclic) bond motifs is 1. The summed E-state index contributed by atoms with van der Waals surface area (Å²) in [4.78, 5) is 8.25. The second-order valence-electron chi connectivity index (χ2n) is 4.93. The van der Waals surface area contributed by atoms with E-state index in [0.29, 0.717) is 16.8 Å². The van der Waals surface area contributed by atoms with Crippen LogP contribution >= 0.6 is 0 Å². The van der Waals surface area contributed by atoms with E-state index in [-0.39, 0.29) is 17.0 Å². The maximum absolute atomic E-state index is 14.2. The van der Waals surface area contributed by atoms with Crippen molar-refractivity contribution in [1.29, 1.82) is 0 Å². The molecule has 0 radical (unpaired) electrons. The summed E-state index contributed by atoms with van der Waals surface area (Å²) in [7, 11) is 0. The minimum atomic E-state index is -2.04. The van der Waals surface area contributed by atoms with E-state index in [1.165, 1.54) is 22.9 Å². The lowest BCUT2D eigenvalue weighted by atomic mass is 10.2. The Balaban J connectivity index is 2.08. The zero-order valence-corrected chi connectivity index (χ0v) is 12.1. The summed E-state index contributed by atoms with van der Waals surface area (Å²) < 4.78 is 37.5. The molecule has 23 heavy (non-hydrogen) atoms. The molecule has 0 unspecified atom stereocenters. The third-order valence-electron chi connectivity index (χ3n) is 3.40. The second-order valence-corrected chi connectivity index (χ2v) is 4.93. The number of benzene rings is 1. The van der Waals surface area contributed by atoms with E-state index in [4.69, 9.17) is 7.37 Å². The number of pyridine rings is 1. The molecule has 0 aliphatic rings. The fourth-order valence-electron chi connectivity index (χ4n) is 2.33. The first-order valence-corrected chi connectivity index (χ1v) is 6.87. The molecule has 0 aliphatic carbocycles. The molecule has 0 N–H and O–H groups in total. The quantitative estimate of drug-likeness (QED) is 0.582. The summed E-state index contributed by atoms with van der Waals surface area (Å²) in [5, 5.41) is 7.52. The van der Waals surface area contributed by atoms with Crippen molar-refractivity contribution < 1.29 is 11.8 Å². The Morgan fingerprint density at radius 3 is 2.91 bits per heavy atom. The van der Waals surface area contributed by atoms with E-state index in [2.05, 4.69) is 20.3 Å². The van der Waals surface area contributed by atoms with Crippen molar-refractivity contribution in [3.05, 3.63) is 59.8 Å². The van der Waals surface area contributed by atoms with Gasteiger partial charge >= 0.3 is 0 Å². The van der Waals surface area contributed by atoms with Gasteiger partial charge in [-0.15, -0.1) is 0 Å². The highest BCUT2D eigenvalue weighted by Crippen LogP contribution is 2.27. The van der Waals surface area contributed by atoms with Crippen LogP contribution in [0.2, 0.25) is 0 Å². The molecule has 0 fully saturated rings. The summed E-state index contributed by atoms with van der Waals surface area (Å²) in [6.07, 6.45) is 2.97. The van der Waals surface area contributed by atoms with Gasteiger partial charge in [-0.25, -0.2) is 14.0 Å². The molecule has 0 bridgehead atoms. The SMILES string of the molecule is [2H]C([2H])(c1cccnc1)n1c(-c2nonc2C)nc2c(F)cccc21. The van der Waals surface area contributed by atoms with Crippen LogP contribution in [0.15, 0.2) is 47.4 Å². The van der Waals surface area contributed by atoms with Gasteiger partial charge in [0, 0.05) is 12.4 Å². The zero-order valence-electron chi connectivity index (χ0n) is 14.1. The Hall–Kier alpha value is -3.09. The predicted molar refractivity (Wildman–Crippen MR) is 81.1 cm³/mol. The van der Waals surface area contributed by atoms with Crippen molar-refractivity contribution in [2.45, 2.75) is 13.4 Å². The number of aromatic nitrogens is 5.